The maximum absolute atomic E-state index is 9.39. The average molecular weight is 288 g/mol. The lowest BCUT2D eigenvalue weighted by molar-refractivity contribution is 0.475. The predicted molar refractivity (Wildman–Crippen MR) is 81.3 cm³/mol. The molecule has 1 atom stereocenters. The van der Waals surface area contributed by atoms with Crippen LogP contribution in [-0.2, 0) is 0 Å². The summed E-state index contributed by atoms with van der Waals surface area (Å²) in [5.41, 5.74) is 7.88. The smallest absolute Gasteiger partial charge is 0.196 e. The Morgan fingerprint density at radius 1 is 1.15 bits per heavy atom. The van der Waals surface area contributed by atoms with Gasteiger partial charge in [-0.1, -0.05) is 35.9 Å². The average Bonchev–Trinajstić information content (AvgIpc) is 2.82. The third-order valence-corrected chi connectivity index (χ3v) is 3.69. The summed E-state index contributed by atoms with van der Waals surface area (Å²) < 4.78 is 0. The Morgan fingerprint density at radius 3 is 2.55 bits per heavy atom. The molecule has 20 heavy (non-hydrogen) atoms. The number of phenolic OH excluding ortho intramolecular Hbond substituents is 1. The van der Waals surface area contributed by atoms with Crippen LogP contribution in [0.1, 0.15) is 11.6 Å². The molecular formula is C15H14ClN3O. The lowest BCUT2D eigenvalue weighted by Crippen LogP contribution is -2.36. The molecule has 4 nitrogen and oxygen atoms in total. The first-order valence-corrected chi connectivity index (χ1v) is 6.67. The summed E-state index contributed by atoms with van der Waals surface area (Å²) in [5, 5.41) is 10.0. The maximum Gasteiger partial charge on any atom is 0.196 e. The van der Waals surface area contributed by atoms with Crippen LogP contribution in [0.2, 0.25) is 5.02 Å². The van der Waals surface area contributed by atoms with Crippen LogP contribution in [0.15, 0.2) is 53.5 Å². The Hall–Kier alpha value is -2.20. The number of aliphatic imine (C=N–C) groups is 1. The fraction of sp³-hybridized carbons (Fsp3) is 0.133. The zero-order valence-corrected chi connectivity index (χ0v) is 11.5. The monoisotopic (exact) mass is 287 g/mol. The van der Waals surface area contributed by atoms with Crippen molar-refractivity contribution in [2.45, 2.75) is 6.04 Å². The summed E-state index contributed by atoms with van der Waals surface area (Å²) >= 11 is 6.26. The molecule has 0 spiro atoms. The molecule has 3 N–H and O–H groups in total. The fourth-order valence-corrected chi connectivity index (χ4v) is 2.61. The van der Waals surface area contributed by atoms with Crippen molar-refractivity contribution in [1.29, 1.82) is 0 Å². The first-order chi connectivity index (χ1) is 9.66. The number of para-hydroxylation sites is 1. The highest BCUT2D eigenvalue weighted by Gasteiger charge is 2.29. The van der Waals surface area contributed by atoms with Crippen molar-refractivity contribution in [2.75, 3.05) is 11.4 Å². The van der Waals surface area contributed by atoms with Crippen LogP contribution in [0.25, 0.3) is 0 Å². The van der Waals surface area contributed by atoms with Gasteiger partial charge in [0, 0.05) is 0 Å². The molecule has 0 amide bonds. The Labute approximate surface area is 122 Å². The molecule has 1 aliphatic rings. The SMILES string of the molecule is NC1=NCC(c2ccc(O)cc2)N1c1ccccc1Cl. The van der Waals surface area contributed by atoms with E-state index in [2.05, 4.69) is 4.99 Å². The number of anilines is 1. The molecule has 2 aromatic carbocycles. The highest BCUT2D eigenvalue weighted by atomic mass is 35.5. The number of halogens is 1. The lowest BCUT2D eigenvalue weighted by atomic mass is 10.1. The van der Waals surface area contributed by atoms with E-state index in [1.54, 1.807) is 12.1 Å². The largest absolute Gasteiger partial charge is 0.508 e. The van der Waals surface area contributed by atoms with Gasteiger partial charge in [0.05, 0.1) is 23.3 Å². The van der Waals surface area contributed by atoms with Crippen LogP contribution in [0.3, 0.4) is 0 Å². The van der Waals surface area contributed by atoms with Gasteiger partial charge >= 0.3 is 0 Å². The molecule has 1 heterocycles. The minimum absolute atomic E-state index is 0.00417. The Morgan fingerprint density at radius 2 is 1.85 bits per heavy atom. The molecule has 5 heteroatoms. The molecule has 102 valence electrons. The van der Waals surface area contributed by atoms with Crippen molar-refractivity contribution in [1.82, 2.24) is 0 Å². The molecule has 0 saturated carbocycles. The molecule has 0 radical (unpaired) electrons. The quantitative estimate of drug-likeness (QED) is 0.893. The molecule has 3 rings (SSSR count). The van der Waals surface area contributed by atoms with Gasteiger partial charge in [-0.05, 0) is 29.8 Å². The fourth-order valence-electron chi connectivity index (χ4n) is 2.39. The van der Waals surface area contributed by atoms with Crippen molar-refractivity contribution in [2.24, 2.45) is 10.7 Å². The highest BCUT2D eigenvalue weighted by Crippen LogP contribution is 2.35. The number of nitrogens with two attached hydrogens (primary N) is 1. The van der Waals surface area contributed by atoms with Crippen LogP contribution in [0, 0.1) is 0 Å². The van der Waals surface area contributed by atoms with Gasteiger partial charge in [0.25, 0.3) is 0 Å². The predicted octanol–water partition coefficient (Wildman–Crippen LogP) is 2.92. The molecular weight excluding hydrogens is 274 g/mol. The number of phenols is 1. The van der Waals surface area contributed by atoms with Crippen molar-refractivity contribution in [3.05, 3.63) is 59.1 Å². The van der Waals surface area contributed by atoms with E-state index in [0.717, 1.165) is 11.3 Å². The van der Waals surface area contributed by atoms with Crippen LogP contribution < -0.4 is 10.6 Å². The minimum Gasteiger partial charge on any atom is -0.508 e. The normalized spacial score (nSPS) is 18.1. The van der Waals surface area contributed by atoms with Crippen LogP contribution in [0.5, 0.6) is 5.75 Å². The van der Waals surface area contributed by atoms with E-state index < -0.39 is 0 Å². The summed E-state index contributed by atoms with van der Waals surface area (Å²) in [5.74, 6) is 0.695. The van der Waals surface area contributed by atoms with Crippen molar-refractivity contribution in [3.8, 4) is 5.75 Å². The summed E-state index contributed by atoms with van der Waals surface area (Å²) in [6.07, 6.45) is 0. The minimum atomic E-state index is -0.00417. The van der Waals surface area contributed by atoms with Gasteiger partial charge < -0.3 is 15.7 Å². The topological polar surface area (TPSA) is 61.9 Å². The van der Waals surface area contributed by atoms with Gasteiger partial charge in [-0.25, -0.2) is 0 Å². The zero-order valence-electron chi connectivity index (χ0n) is 10.7. The van der Waals surface area contributed by atoms with Crippen LogP contribution >= 0.6 is 11.6 Å². The Kier molecular flexibility index (Phi) is 3.24. The van der Waals surface area contributed by atoms with E-state index in [1.165, 1.54) is 0 Å². The van der Waals surface area contributed by atoms with Gasteiger partial charge in [-0.2, -0.15) is 0 Å². The molecule has 0 aliphatic carbocycles. The van der Waals surface area contributed by atoms with Gasteiger partial charge in [0.1, 0.15) is 5.75 Å². The van der Waals surface area contributed by atoms with E-state index in [9.17, 15) is 5.11 Å². The second-order valence-corrected chi connectivity index (χ2v) is 5.03. The molecule has 2 aromatic rings. The number of guanidine groups is 1. The van der Waals surface area contributed by atoms with E-state index in [1.807, 2.05) is 41.3 Å². The van der Waals surface area contributed by atoms with Crippen LogP contribution in [0.4, 0.5) is 5.69 Å². The molecule has 0 bridgehead atoms. The third-order valence-electron chi connectivity index (χ3n) is 3.37. The first-order valence-electron chi connectivity index (χ1n) is 6.29. The Balaban J connectivity index is 2.01. The van der Waals surface area contributed by atoms with Gasteiger partial charge in [-0.3, -0.25) is 4.99 Å². The molecule has 0 saturated heterocycles. The van der Waals surface area contributed by atoms with Crippen LogP contribution in [-0.4, -0.2) is 17.6 Å². The van der Waals surface area contributed by atoms with Crippen molar-refractivity contribution >= 4 is 23.2 Å². The summed E-state index contributed by atoms with van der Waals surface area (Å²) in [6, 6.07) is 14.6. The summed E-state index contributed by atoms with van der Waals surface area (Å²) in [4.78, 5) is 6.24. The number of benzene rings is 2. The molecule has 1 unspecified atom stereocenters. The maximum atomic E-state index is 9.39. The number of rotatable bonds is 2. The second-order valence-electron chi connectivity index (χ2n) is 4.63. The Bertz CT molecular complexity index is 654. The standard InChI is InChI=1S/C15H14ClN3O/c16-12-3-1-2-4-13(12)19-14(9-18-15(19)17)10-5-7-11(20)8-6-10/h1-8,14,20H,9H2,(H2,17,18). The second kappa shape index (κ2) is 5.06. The van der Waals surface area contributed by atoms with Gasteiger partial charge in [0.2, 0.25) is 0 Å². The molecule has 0 aromatic heterocycles. The van der Waals surface area contributed by atoms with Gasteiger partial charge in [0.15, 0.2) is 5.96 Å². The number of aromatic hydroxyl groups is 1. The zero-order chi connectivity index (χ0) is 14.1. The number of hydrogen-bond donors (Lipinski definition) is 2. The molecule has 1 aliphatic heterocycles. The van der Waals surface area contributed by atoms with E-state index >= 15 is 0 Å². The number of nitrogens with zero attached hydrogens (tertiary/aromatic N) is 2. The third kappa shape index (κ3) is 2.18. The van der Waals surface area contributed by atoms with E-state index in [0.29, 0.717) is 17.5 Å². The summed E-state index contributed by atoms with van der Waals surface area (Å²) in [7, 11) is 0. The highest BCUT2D eigenvalue weighted by molar-refractivity contribution is 6.33. The van der Waals surface area contributed by atoms with E-state index in [4.69, 9.17) is 17.3 Å². The molecule has 0 fully saturated rings. The van der Waals surface area contributed by atoms with Gasteiger partial charge in [-0.15, -0.1) is 0 Å². The number of hydrogen-bond acceptors (Lipinski definition) is 4. The van der Waals surface area contributed by atoms with Crippen molar-refractivity contribution in [3.63, 3.8) is 0 Å². The lowest BCUT2D eigenvalue weighted by Gasteiger charge is -2.27. The van der Waals surface area contributed by atoms with Crippen molar-refractivity contribution < 1.29 is 5.11 Å². The van der Waals surface area contributed by atoms with E-state index in [-0.39, 0.29) is 11.8 Å². The summed E-state index contributed by atoms with van der Waals surface area (Å²) in [6.45, 7) is 0.571. The first kappa shape index (κ1) is 12.8.